The predicted molar refractivity (Wildman–Crippen MR) is 75.3 cm³/mol. The molecule has 0 radical (unpaired) electrons. The van der Waals surface area contributed by atoms with E-state index in [9.17, 15) is 0 Å². The molecule has 0 amide bonds. The Morgan fingerprint density at radius 3 is 3.00 bits per heavy atom. The van der Waals surface area contributed by atoms with Crippen LogP contribution in [0.1, 0.15) is 18.4 Å². The zero-order valence-electron chi connectivity index (χ0n) is 11.6. The minimum Gasteiger partial charge on any atom is -0.493 e. The van der Waals surface area contributed by atoms with E-state index in [1.807, 2.05) is 13.1 Å². The van der Waals surface area contributed by atoms with Crippen molar-refractivity contribution < 1.29 is 4.74 Å². The first kappa shape index (κ1) is 13.4. The van der Waals surface area contributed by atoms with E-state index in [4.69, 9.17) is 4.74 Å². The van der Waals surface area contributed by atoms with Crippen LogP contribution in [0.3, 0.4) is 0 Å². The highest BCUT2D eigenvalue weighted by Crippen LogP contribution is 2.33. The van der Waals surface area contributed by atoms with Gasteiger partial charge in [-0.05, 0) is 32.6 Å². The summed E-state index contributed by atoms with van der Waals surface area (Å²) in [5.41, 5.74) is 1.37. The second-order valence-electron chi connectivity index (χ2n) is 5.43. The second kappa shape index (κ2) is 6.21. The Morgan fingerprint density at radius 2 is 2.22 bits per heavy atom. The Hall–Kier alpha value is -1.06. The molecule has 3 nitrogen and oxygen atoms in total. The lowest BCUT2D eigenvalue weighted by Crippen LogP contribution is -2.32. The van der Waals surface area contributed by atoms with Gasteiger partial charge < -0.3 is 15.0 Å². The van der Waals surface area contributed by atoms with E-state index < -0.39 is 0 Å². The molecule has 0 saturated carbocycles. The fourth-order valence-electron chi connectivity index (χ4n) is 2.78. The second-order valence-corrected chi connectivity index (χ2v) is 5.43. The first-order valence-corrected chi connectivity index (χ1v) is 6.75. The number of nitrogens with one attached hydrogen (secondary N) is 1. The molecule has 0 aromatic heterocycles. The summed E-state index contributed by atoms with van der Waals surface area (Å²) in [6.07, 6.45) is 0. The number of benzene rings is 1. The highest BCUT2D eigenvalue weighted by molar-refractivity contribution is 5.39. The SMILES string of the molecule is CNCC(C)CN(C)CC1COc2ccccc21. The van der Waals surface area contributed by atoms with Crippen molar-refractivity contribution >= 4 is 0 Å². The zero-order chi connectivity index (χ0) is 13.0. The average molecular weight is 248 g/mol. The predicted octanol–water partition coefficient (Wildman–Crippen LogP) is 1.95. The molecule has 2 rings (SSSR count). The molecule has 2 unspecified atom stereocenters. The van der Waals surface area contributed by atoms with E-state index >= 15 is 0 Å². The van der Waals surface area contributed by atoms with Gasteiger partial charge in [-0.25, -0.2) is 0 Å². The largest absolute Gasteiger partial charge is 0.493 e. The van der Waals surface area contributed by atoms with Crippen LogP contribution in [0.15, 0.2) is 24.3 Å². The first-order chi connectivity index (χ1) is 8.70. The summed E-state index contributed by atoms with van der Waals surface area (Å²) in [7, 11) is 4.21. The van der Waals surface area contributed by atoms with Gasteiger partial charge in [0.15, 0.2) is 0 Å². The van der Waals surface area contributed by atoms with Gasteiger partial charge in [-0.1, -0.05) is 25.1 Å². The lowest BCUT2D eigenvalue weighted by Gasteiger charge is -2.23. The number of ether oxygens (including phenoxy) is 1. The maximum atomic E-state index is 5.73. The Balaban J connectivity index is 1.87. The van der Waals surface area contributed by atoms with E-state index in [0.29, 0.717) is 11.8 Å². The van der Waals surface area contributed by atoms with Crippen molar-refractivity contribution in [2.45, 2.75) is 12.8 Å². The summed E-state index contributed by atoms with van der Waals surface area (Å²) in [6, 6.07) is 8.40. The van der Waals surface area contributed by atoms with Gasteiger partial charge in [0, 0.05) is 24.6 Å². The zero-order valence-corrected chi connectivity index (χ0v) is 11.6. The van der Waals surface area contributed by atoms with Crippen molar-refractivity contribution in [3.05, 3.63) is 29.8 Å². The molecule has 0 aliphatic carbocycles. The molecule has 1 aromatic carbocycles. The van der Waals surface area contributed by atoms with Gasteiger partial charge in [-0.15, -0.1) is 0 Å². The van der Waals surface area contributed by atoms with Crippen LogP contribution in [0.4, 0.5) is 0 Å². The smallest absolute Gasteiger partial charge is 0.122 e. The van der Waals surface area contributed by atoms with Crippen molar-refractivity contribution in [1.82, 2.24) is 10.2 Å². The maximum absolute atomic E-state index is 5.73. The van der Waals surface area contributed by atoms with E-state index in [1.54, 1.807) is 0 Å². The molecule has 1 heterocycles. The van der Waals surface area contributed by atoms with Crippen LogP contribution in [0.2, 0.25) is 0 Å². The molecule has 1 aliphatic heterocycles. The van der Waals surface area contributed by atoms with Gasteiger partial charge in [-0.2, -0.15) is 0 Å². The Kier molecular flexibility index (Phi) is 4.61. The molecule has 3 heteroatoms. The quantitative estimate of drug-likeness (QED) is 0.833. The molecule has 1 aromatic rings. The minimum absolute atomic E-state index is 0.521. The van der Waals surface area contributed by atoms with Crippen LogP contribution >= 0.6 is 0 Å². The number of hydrogen-bond donors (Lipinski definition) is 1. The van der Waals surface area contributed by atoms with Crippen molar-refractivity contribution in [3.63, 3.8) is 0 Å². The fourth-order valence-corrected chi connectivity index (χ4v) is 2.78. The number of likely N-dealkylation sites (N-methyl/N-ethyl adjacent to an activating group) is 1. The monoisotopic (exact) mass is 248 g/mol. The summed E-state index contributed by atoms with van der Waals surface area (Å²) in [4.78, 5) is 2.41. The van der Waals surface area contributed by atoms with Crippen LogP contribution < -0.4 is 10.1 Å². The van der Waals surface area contributed by atoms with Gasteiger partial charge in [-0.3, -0.25) is 0 Å². The van der Waals surface area contributed by atoms with E-state index in [0.717, 1.165) is 32.0 Å². The Morgan fingerprint density at radius 1 is 1.44 bits per heavy atom. The molecule has 1 N–H and O–H groups in total. The third-order valence-electron chi connectivity index (χ3n) is 3.51. The van der Waals surface area contributed by atoms with Gasteiger partial charge in [0.1, 0.15) is 5.75 Å². The Labute approximate surface area is 110 Å². The minimum atomic E-state index is 0.521. The number of rotatable bonds is 6. The van der Waals surface area contributed by atoms with E-state index in [1.165, 1.54) is 5.56 Å². The third kappa shape index (κ3) is 3.24. The topological polar surface area (TPSA) is 24.5 Å². The van der Waals surface area contributed by atoms with E-state index in [-0.39, 0.29) is 0 Å². The van der Waals surface area contributed by atoms with Crippen molar-refractivity contribution in [2.75, 3.05) is 40.3 Å². The van der Waals surface area contributed by atoms with Crippen molar-refractivity contribution in [2.24, 2.45) is 5.92 Å². The van der Waals surface area contributed by atoms with Gasteiger partial charge in [0.05, 0.1) is 6.61 Å². The van der Waals surface area contributed by atoms with E-state index in [2.05, 4.69) is 42.4 Å². The number of fused-ring (bicyclic) bond motifs is 1. The Bertz CT molecular complexity index is 381. The summed E-state index contributed by atoms with van der Waals surface area (Å²) in [5, 5.41) is 3.23. The summed E-state index contributed by atoms with van der Waals surface area (Å²) >= 11 is 0. The van der Waals surface area contributed by atoms with Crippen LogP contribution in [0.25, 0.3) is 0 Å². The summed E-state index contributed by atoms with van der Waals surface area (Å²) in [5.74, 6) is 2.27. The van der Waals surface area contributed by atoms with Crippen molar-refractivity contribution in [1.29, 1.82) is 0 Å². The number of hydrogen-bond acceptors (Lipinski definition) is 3. The summed E-state index contributed by atoms with van der Waals surface area (Å²) < 4.78 is 5.73. The number of para-hydroxylation sites is 1. The average Bonchev–Trinajstić information content (AvgIpc) is 2.73. The van der Waals surface area contributed by atoms with Crippen molar-refractivity contribution in [3.8, 4) is 5.75 Å². The van der Waals surface area contributed by atoms with Crippen LogP contribution in [0, 0.1) is 5.92 Å². The maximum Gasteiger partial charge on any atom is 0.122 e. The highest BCUT2D eigenvalue weighted by Gasteiger charge is 2.24. The van der Waals surface area contributed by atoms with Gasteiger partial charge >= 0.3 is 0 Å². The van der Waals surface area contributed by atoms with Crippen LogP contribution in [-0.2, 0) is 0 Å². The van der Waals surface area contributed by atoms with Crippen LogP contribution in [0.5, 0.6) is 5.75 Å². The molecule has 1 aliphatic rings. The molecule has 0 saturated heterocycles. The van der Waals surface area contributed by atoms with Gasteiger partial charge in [0.25, 0.3) is 0 Å². The molecule has 2 atom stereocenters. The molecule has 0 spiro atoms. The first-order valence-electron chi connectivity index (χ1n) is 6.75. The normalized spacial score (nSPS) is 19.7. The van der Waals surface area contributed by atoms with Gasteiger partial charge in [0.2, 0.25) is 0 Å². The lowest BCUT2D eigenvalue weighted by molar-refractivity contribution is 0.242. The summed E-state index contributed by atoms with van der Waals surface area (Å²) in [6.45, 7) is 6.38. The fraction of sp³-hybridized carbons (Fsp3) is 0.600. The molecule has 18 heavy (non-hydrogen) atoms. The third-order valence-corrected chi connectivity index (χ3v) is 3.51. The molecule has 100 valence electrons. The highest BCUT2D eigenvalue weighted by atomic mass is 16.5. The molecule has 0 fully saturated rings. The lowest BCUT2D eigenvalue weighted by atomic mass is 10.0. The van der Waals surface area contributed by atoms with Crippen LogP contribution in [-0.4, -0.2) is 45.2 Å². The molecular weight excluding hydrogens is 224 g/mol. The standard InChI is InChI=1S/C15H24N2O/c1-12(8-16-2)9-17(3)10-13-11-18-15-7-5-4-6-14(13)15/h4-7,12-13,16H,8-11H2,1-3H3. The molecule has 0 bridgehead atoms. The molecular formula is C15H24N2O. The number of nitrogens with zero attached hydrogens (tertiary/aromatic N) is 1.